The van der Waals surface area contributed by atoms with Gasteiger partial charge in [0.15, 0.2) is 0 Å². The fraction of sp³-hybridized carbons (Fsp3) is 0.241. The molecule has 0 saturated carbocycles. The van der Waals surface area contributed by atoms with Crippen LogP contribution < -0.4 is 4.74 Å². The molecule has 0 aliphatic carbocycles. The average molecular weight is 508 g/mol. The zero-order valence-electron chi connectivity index (χ0n) is 20.3. The van der Waals surface area contributed by atoms with E-state index in [1.807, 2.05) is 13.8 Å². The minimum atomic E-state index is -0.799. The maximum Gasteiger partial charge on any atom is 0.295 e. The number of carbonyl (C=O) groups excluding carboxylic acids is 2. The third-order valence-electron chi connectivity index (χ3n) is 6.41. The van der Waals surface area contributed by atoms with Crippen LogP contribution >= 0.6 is 11.6 Å². The van der Waals surface area contributed by atoms with Gasteiger partial charge in [0.1, 0.15) is 17.3 Å². The Hall–Kier alpha value is -3.64. The first-order valence-electron chi connectivity index (χ1n) is 11.7. The second-order valence-corrected chi connectivity index (χ2v) is 9.47. The summed E-state index contributed by atoms with van der Waals surface area (Å²) in [7, 11) is 1.58. The number of hydrogen-bond donors (Lipinski definition) is 1. The second kappa shape index (κ2) is 10.5. The molecule has 1 aliphatic heterocycles. The summed E-state index contributed by atoms with van der Waals surface area (Å²) in [6.07, 6.45) is 0.414. The second-order valence-electron chi connectivity index (χ2n) is 9.03. The topological polar surface area (TPSA) is 66.8 Å². The number of likely N-dealkylation sites (tertiary alicyclic amines) is 1. The number of methoxy groups -OCH3 is 1. The van der Waals surface area contributed by atoms with E-state index in [1.54, 1.807) is 61.7 Å². The predicted octanol–water partition coefficient (Wildman–Crippen LogP) is 6.28. The van der Waals surface area contributed by atoms with E-state index < -0.39 is 17.7 Å². The third kappa shape index (κ3) is 5.00. The smallest absolute Gasteiger partial charge is 0.295 e. The number of aliphatic hydroxyl groups excluding tert-OH is 1. The first-order valence-corrected chi connectivity index (χ1v) is 12.1. The van der Waals surface area contributed by atoms with Gasteiger partial charge >= 0.3 is 0 Å². The van der Waals surface area contributed by atoms with Gasteiger partial charge in [0, 0.05) is 17.1 Å². The standard InChI is InChI=1S/C29H27ClFNO4/c1-17(2)23-16-20(8-13-24(23)36-3)27(33)25-26(19-6-9-21(30)10-7-19)32(29(35)28(25)34)15-14-18-4-11-22(31)12-5-18/h4-13,16-17,26,33H,14-15H2,1-3H3/b27-25-. The van der Waals surface area contributed by atoms with Gasteiger partial charge in [0.05, 0.1) is 18.7 Å². The fourth-order valence-electron chi connectivity index (χ4n) is 4.49. The summed E-state index contributed by atoms with van der Waals surface area (Å²) < 4.78 is 18.8. The molecule has 3 aromatic rings. The molecule has 36 heavy (non-hydrogen) atoms. The molecule has 1 saturated heterocycles. The highest BCUT2D eigenvalue weighted by atomic mass is 35.5. The van der Waals surface area contributed by atoms with Crippen molar-refractivity contribution in [1.29, 1.82) is 0 Å². The highest BCUT2D eigenvalue weighted by molar-refractivity contribution is 6.46. The van der Waals surface area contributed by atoms with Crippen LogP contribution in [0.5, 0.6) is 5.75 Å². The van der Waals surface area contributed by atoms with Crippen LogP contribution in [0.2, 0.25) is 5.02 Å². The van der Waals surface area contributed by atoms with Crippen molar-refractivity contribution in [3.8, 4) is 5.75 Å². The van der Waals surface area contributed by atoms with Gasteiger partial charge in [-0.05, 0) is 71.5 Å². The van der Waals surface area contributed by atoms with E-state index in [9.17, 15) is 19.1 Å². The van der Waals surface area contributed by atoms with Crippen molar-refractivity contribution in [2.24, 2.45) is 0 Å². The van der Waals surface area contributed by atoms with E-state index in [-0.39, 0.29) is 29.6 Å². The molecule has 3 aromatic carbocycles. The summed E-state index contributed by atoms with van der Waals surface area (Å²) in [5, 5.41) is 11.9. The maximum atomic E-state index is 13.3. The summed E-state index contributed by atoms with van der Waals surface area (Å²) in [6.45, 7) is 4.22. The fourth-order valence-corrected chi connectivity index (χ4v) is 4.62. The van der Waals surface area contributed by atoms with Gasteiger partial charge in [-0.2, -0.15) is 0 Å². The molecule has 5 nitrogen and oxygen atoms in total. The summed E-state index contributed by atoms with van der Waals surface area (Å²) in [5.41, 5.74) is 2.79. The molecule has 7 heteroatoms. The Morgan fingerprint density at radius 2 is 1.72 bits per heavy atom. The zero-order chi connectivity index (χ0) is 26.0. The highest BCUT2D eigenvalue weighted by Gasteiger charge is 2.45. The molecule has 0 spiro atoms. The van der Waals surface area contributed by atoms with Crippen molar-refractivity contribution in [1.82, 2.24) is 4.90 Å². The highest BCUT2D eigenvalue weighted by Crippen LogP contribution is 2.40. The minimum absolute atomic E-state index is 0.0151. The molecule has 1 fully saturated rings. The van der Waals surface area contributed by atoms with Crippen molar-refractivity contribution in [2.45, 2.75) is 32.2 Å². The van der Waals surface area contributed by atoms with Crippen molar-refractivity contribution in [3.63, 3.8) is 0 Å². The monoisotopic (exact) mass is 507 g/mol. The molecule has 1 amide bonds. The molecule has 1 heterocycles. The van der Waals surface area contributed by atoms with E-state index in [2.05, 4.69) is 0 Å². The number of amides is 1. The molecule has 0 radical (unpaired) electrons. The van der Waals surface area contributed by atoms with Crippen molar-refractivity contribution >= 4 is 29.1 Å². The van der Waals surface area contributed by atoms with Gasteiger partial charge in [0.25, 0.3) is 11.7 Å². The van der Waals surface area contributed by atoms with E-state index in [0.29, 0.717) is 28.3 Å². The van der Waals surface area contributed by atoms with E-state index in [0.717, 1.165) is 11.1 Å². The molecule has 1 atom stereocenters. The Kier molecular flexibility index (Phi) is 7.45. The van der Waals surface area contributed by atoms with Crippen LogP contribution in [0.4, 0.5) is 4.39 Å². The molecular formula is C29H27ClFNO4. The molecule has 1 N–H and O–H groups in total. The lowest BCUT2D eigenvalue weighted by Gasteiger charge is -2.25. The molecule has 4 rings (SSSR count). The first-order chi connectivity index (χ1) is 17.2. The van der Waals surface area contributed by atoms with Gasteiger partial charge in [-0.25, -0.2) is 4.39 Å². The van der Waals surface area contributed by atoms with E-state index in [4.69, 9.17) is 16.3 Å². The Labute approximate surface area is 214 Å². The maximum absolute atomic E-state index is 13.3. The lowest BCUT2D eigenvalue weighted by molar-refractivity contribution is -0.139. The summed E-state index contributed by atoms with van der Waals surface area (Å²) >= 11 is 6.09. The molecule has 0 bridgehead atoms. The summed E-state index contributed by atoms with van der Waals surface area (Å²) in [4.78, 5) is 27.9. The minimum Gasteiger partial charge on any atom is -0.507 e. The Morgan fingerprint density at radius 3 is 2.33 bits per heavy atom. The molecule has 1 unspecified atom stereocenters. The van der Waals surface area contributed by atoms with Crippen LogP contribution in [0.1, 0.15) is 48.1 Å². The Morgan fingerprint density at radius 1 is 1.06 bits per heavy atom. The Bertz CT molecular complexity index is 1320. The lowest BCUT2D eigenvalue weighted by Crippen LogP contribution is -2.31. The van der Waals surface area contributed by atoms with Crippen LogP contribution in [-0.2, 0) is 16.0 Å². The molecule has 186 valence electrons. The van der Waals surface area contributed by atoms with E-state index >= 15 is 0 Å². The first kappa shape index (κ1) is 25.5. The van der Waals surface area contributed by atoms with E-state index in [1.165, 1.54) is 17.0 Å². The third-order valence-corrected chi connectivity index (χ3v) is 6.66. The number of Topliss-reactive ketones (excluding diaryl/α,β-unsaturated/α-hetero) is 1. The number of benzene rings is 3. The predicted molar refractivity (Wildman–Crippen MR) is 138 cm³/mol. The molecular weight excluding hydrogens is 481 g/mol. The number of aliphatic hydroxyl groups is 1. The van der Waals surface area contributed by atoms with Crippen molar-refractivity contribution in [3.05, 3.63) is 105 Å². The van der Waals surface area contributed by atoms with Gasteiger partial charge in [-0.1, -0.05) is 49.7 Å². The summed E-state index contributed by atoms with van der Waals surface area (Å²) in [6, 6.07) is 17.2. The largest absolute Gasteiger partial charge is 0.507 e. The van der Waals surface area contributed by atoms with Crippen molar-refractivity contribution in [2.75, 3.05) is 13.7 Å². The van der Waals surface area contributed by atoms with Gasteiger partial charge in [-0.15, -0.1) is 0 Å². The number of rotatable bonds is 7. The Balaban J connectivity index is 1.80. The number of ether oxygens (including phenoxy) is 1. The number of hydrogen-bond acceptors (Lipinski definition) is 4. The van der Waals surface area contributed by atoms with Crippen LogP contribution in [-0.4, -0.2) is 35.4 Å². The van der Waals surface area contributed by atoms with Crippen LogP contribution in [0.25, 0.3) is 5.76 Å². The molecule has 1 aliphatic rings. The number of ketones is 1. The summed E-state index contributed by atoms with van der Waals surface area (Å²) in [5.74, 6) is -1.26. The number of carbonyl (C=O) groups is 2. The molecule has 0 aromatic heterocycles. The normalized spacial score (nSPS) is 17.2. The van der Waals surface area contributed by atoms with Crippen molar-refractivity contribution < 1.29 is 23.8 Å². The zero-order valence-corrected chi connectivity index (χ0v) is 21.1. The lowest BCUT2D eigenvalue weighted by atomic mass is 9.93. The SMILES string of the molecule is COc1ccc(/C(O)=C2/C(=O)C(=O)N(CCc3ccc(F)cc3)C2c2ccc(Cl)cc2)cc1C(C)C. The van der Waals surface area contributed by atoms with Gasteiger partial charge in [-0.3, -0.25) is 9.59 Å². The number of halogens is 2. The van der Waals surface area contributed by atoms with Crippen LogP contribution in [0.15, 0.2) is 72.3 Å². The van der Waals surface area contributed by atoms with Gasteiger partial charge < -0.3 is 14.7 Å². The average Bonchev–Trinajstić information content (AvgIpc) is 3.12. The quantitative estimate of drug-likeness (QED) is 0.232. The van der Waals surface area contributed by atoms with Crippen LogP contribution in [0, 0.1) is 5.82 Å². The number of nitrogens with zero attached hydrogens (tertiary/aromatic N) is 1. The van der Waals surface area contributed by atoms with Crippen LogP contribution in [0.3, 0.4) is 0 Å². The van der Waals surface area contributed by atoms with Gasteiger partial charge in [0.2, 0.25) is 0 Å².